The van der Waals surface area contributed by atoms with Crippen LogP contribution in [0.15, 0.2) is 53.0 Å². The number of aryl methyl sites for hydroxylation is 2. The summed E-state index contributed by atoms with van der Waals surface area (Å²) in [5.74, 6) is 0. The molecule has 154 valence electrons. The minimum atomic E-state index is -0.0254. The lowest BCUT2D eigenvalue weighted by Gasteiger charge is -2.36. The molecule has 5 rings (SSSR count). The first-order valence-electron chi connectivity index (χ1n) is 10.6. The van der Waals surface area contributed by atoms with E-state index in [1.165, 1.54) is 41.7 Å². The summed E-state index contributed by atoms with van der Waals surface area (Å²) in [7, 11) is 0. The number of urea groups is 1. The van der Waals surface area contributed by atoms with Gasteiger partial charge in [-0.2, -0.15) is 0 Å². The lowest BCUT2D eigenvalue weighted by Crippen LogP contribution is -2.42. The third-order valence-electron chi connectivity index (χ3n) is 6.26. The summed E-state index contributed by atoms with van der Waals surface area (Å²) in [6.07, 6.45) is 5.93. The van der Waals surface area contributed by atoms with Crippen molar-refractivity contribution in [2.75, 3.05) is 11.9 Å². The second-order valence-corrected chi connectivity index (χ2v) is 10.2. The van der Waals surface area contributed by atoms with E-state index < -0.39 is 0 Å². The number of rotatable bonds is 2. The number of thiophene rings is 1. The second-order valence-electron chi connectivity index (χ2n) is 8.20. The highest BCUT2D eigenvalue weighted by atomic mass is 79.9. The van der Waals surface area contributed by atoms with E-state index in [-0.39, 0.29) is 12.1 Å². The summed E-state index contributed by atoms with van der Waals surface area (Å²) in [5.41, 5.74) is 6.25. The van der Waals surface area contributed by atoms with Gasteiger partial charge in [-0.05, 0) is 79.5 Å². The zero-order valence-electron chi connectivity index (χ0n) is 17.1. The normalized spacial score (nSPS) is 17.9. The minimum Gasteiger partial charge on any atom is -0.312 e. The van der Waals surface area contributed by atoms with Crippen molar-refractivity contribution in [1.82, 2.24) is 4.90 Å². The molecule has 1 N–H and O–H groups in total. The van der Waals surface area contributed by atoms with Gasteiger partial charge in [0.25, 0.3) is 0 Å². The van der Waals surface area contributed by atoms with E-state index in [9.17, 15) is 4.79 Å². The number of carbonyl (C=O) groups excluding carboxylic acids is 1. The van der Waals surface area contributed by atoms with E-state index in [2.05, 4.69) is 45.5 Å². The van der Waals surface area contributed by atoms with Gasteiger partial charge in [-0.25, -0.2) is 4.79 Å². The molecule has 2 amide bonds. The molecule has 3 aromatic rings. The highest BCUT2D eigenvalue weighted by Crippen LogP contribution is 2.45. The zero-order valence-corrected chi connectivity index (χ0v) is 19.5. The van der Waals surface area contributed by atoms with Gasteiger partial charge in [-0.15, -0.1) is 11.3 Å². The van der Waals surface area contributed by atoms with Gasteiger partial charge in [0, 0.05) is 26.5 Å². The third kappa shape index (κ3) is 3.58. The van der Waals surface area contributed by atoms with Gasteiger partial charge in [-0.3, -0.25) is 0 Å². The first kappa shape index (κ1) is 19.8. The molecule has 2 aromatic carbocycles. The molecule has 1 aliphatic heterocycles. The number of hydrogen-bond acceptors (Lipinski definition) is 2. The standard InChI is InChI=1S/C25H25BrN2OS/c1-16-15-18(11-12-21(16)26)27-25(29)28-14-13-20-19-9-5-6-10-22(19)30-24(20)23(28)17-7-3-2-4-8-17/h2-4,7-8,11-12,15,23H,5-6,9-10,13-14H2,1H3,(H,27,29). The third-order valence-corrected chi connectivity index (χ3v) is 8.54. The van der Waals surface area contributed by atoms with Crippen LogP contribution in [0.4, 0.5) is 10.5 Å². The molecule has 0 radical (unpaired) electrons. The zero-order chi connectivity index (χ0) is 20.7. The monoisotopic (exact) mass is 480 g/mol. The predicted octanol–water partition coefficient (Wildman–Crippen LogP) is 6.88. The van der Waals surface area contributed by atoms with Crippen LogP contribution < -0.4 is 5.32 Å². The lowest BCUT2D eigenvalue weighted by molar-refractivity contribution is 0.195. The van der Waals surface area contributed by atoms with E-state index in [0.29, 0.717) is 0 Å². The Morgan fingerprint density at radius 3 is 2.67 bits per heavy atom. The number of hydrogen-bond donors (Lipinski definition) is 1. The largest absolute Gasteiger partial charge is 0.322 e. The van der Waals surface area contributed by atoms with Crippen LogP contribution >= 0.6 is 27.3 Å². The Labute approximate surface area is 190 Å². The van der Waals surface area contributed by atoms with Crippen LogP contribution in [0.5, 0.6) is 0 Å². The molecule has 5 heteroatoms. The van der Waals surface area contributed by atoms with Crippen LogP contribution in [0.3, 0.4) is 0 Å². The van der Waals surface area contributed by atoms with E-state index in [1.807, 2.05) is 47.4 Å². The Morgan fingerprint density at radius 2 is 1.87 bits per heavy atom. The minimum absolute atomic E-state index is 0.0119. The Kier molecular flexibility index (Phi) is 5.42. The average Bonchev–Trinajstić information content (AvgIpc) is 3.15. The van der Waals surface area contributed by atoms with Gasteiger partial charge in [0.1, 0.15) is 0 Å². The Bertz CT molecular complexity index is 1090. The molecule has 0 saturated heterocycles. The van der Waals surface area contributed by atoms with Crippen LogP contribution in [0.1, 0.15) is 50.9 Å². The summed E-state index contributed by atoms with van der Waals surface area (Å²) in [4.78, 5) is 18.4. The molecule has 1 aliphatic carbocycles. The van der Waals surface area contributed by atoms with Crippen molar-refractivity contribution < 1.29 is 4.79 Å². The Morgan fingerprint density at radius 1 is 1.07 bits per heavy atom. The number of halogens is 1. The second kappa shape index (κ2) is 8.20. The molecule has 1 unspecified atom stereocenters. The summed E-state index contributed by atoms with van der Waals surface area (Å²) >= 11 is 5.48. The van der Waals surface area contributed by atoms with Crippen LogP contribution in [0.25, 0.3) is 0 Å². The van der Waals surface area contributed by atoms with Crippen LogP contribution in [-0.2, 0) is 19.3 Å². The van der Waals surface area contributed by atoms with Gasteiger partial charge >= 0.3 is 6.03 Å². The number of nitrogens with one attached hydrogen (secondary N) is 1. The van der Waals surface area contributed by atoms with E-state index in [4.69, 9.17) is 0 Å². The van der Waals surface area contributed by atoms with Crippen molar-refractivity contribution in [1.29, 1.82) is 0 Å². The van der Waals surface area contributed by atoms with Gasteiger partial charge in [0.2, 0.25) is 0 Å². The summed E-state index contributed by atoms with van der Waals surface area (Å²) < 4.78 is 1.05. The van der Waals surface area contributed by atoms with Gasteiger partial charge < -0.3 is 10.2 Å². The molecule has 30 heavy (non-hydrogen) atoms. The SMILES string of the molecule is Cc1cc(NC(=O)N2CCc3c(sc4c3CCCC4)C2c2ccccc2)ccc1Br. The molecule has 0 spiro atoms. The fourth-order valence-electron chi connectivity index (χ4n) is 4.75. The maximum atomic E-state index is 13.4. The first-order valence-corrected chi connectivity index (χ1v) is 12.2. The van der Waals surface area contributed by atoms with Crippen LogP contribution in [0.2, 0.25) is 0 Å². The van der Waals surface area contributed by atoms with Crippen molar-refractivity contribution in [3.63, 3.8) is 0 Å². The molecular formula is C25H25BrN2OS. The van der Waals surface area contributed by atoms with E-state index in [0.717, 1.165) is 28.7 Å². The Balaban J connectivity index is 1.52. The molecule has 1 aromatic heterocycles. The van der Waals surface area contributed by atoms with E-state index >= 15 is 0 Å². The quantitative estimate of drug-likeness (QED) is 0.425. The van der Waals surface area contributed by atoms with Crippen molar-refractivity contribution in [3.8, 4) is 0 Å². The van der Waals surface area contributed by atoms with E-state index in [1.54, 1.807) is 10.4 Å². The van der Waals surface area contributed by atoms with Gasteiger partial charge in [0.15, 0.2) is 0 Å². The molecule has 3 nitrogen and oxygen atoms in total. The van der Waals surface area contributed by atoms with Crippen LogP contribution in [-0.4, -0.2) is 17.5 Å². The predicted molar refractivity (Wildman–Crippen MR) is 128 cm³/mol. The maximum absolute atomic E-state index is 13.4. The highest BCUT2D eigenvalue weighted by molar-refractivity contribution is 9.10. The summed E-state index contributed by atoms with van der Waals surface area (Å²) in [5, 5.41) is 3.14. The average molecular weight is 481 g/mol. The molecule has 0 saturated carbocycles. The maximum Gasteiger partial charge on any atom is 0.322 e. The summed E-state index contributed by atoms with van der Waals surface area (Å²) in [6, 6.07) is 16.4. The fourth-order valence-corrected chi connectivity index (χ4v) is 6.58. The van der Waals surface area contributed by atoms with Crippen LogP contribution in [0, 0.1) is 6.92 Å². The molecule has 2 heterocycles. The number of amides is 2. The summed E-state index contributed by atoms with van der Waals surface area (Å²) in [6.45, 7) is 2.78. The lowest BCUT2D eigenvalue weighted by atomic mass is 9.88. The topological polar surface area (TPSA) is 32.3 Å². The number of benzene rings is 2. The van der Waals surface area contributed by atoms with Crippen molar-refractivity contribution in [2.45, 2.75) is 45.1 Å². The van der Waals surface area contributed by atoms with Crippen molar-refractivity contribution >= 4 is 39.0 Å². The van der Waals surface area contributed by atoms with Gasteiger partial charge in [0.05, 0.1) is 6.04 Å². The molecular weight excluding hydrogens is 456 g/mol. The van der Waals surface area contributed by atoms with Gasteiger partial charge in [-0.1, -0.05) is 46.3 Å². The first-order chi connectivity index (χ1) is 14.6. The number of nitrogens with zero attached hydrogens (tertiary/aromatic N) is 1. The molecule has 2 aliphatic rings. The Hall–Kier alpha value is -2.11. The van der Waals surface area contributed by atoms with Crippen molar-refractivity contribution in [3.05, 3.63) is 85.0 Å². The number of carbonyl (C=O) groups is 1. The fraction of sp³-hybridized carbons (Fsp3) is 0.320. The molecule has 0 bridgehead atoms. The smallest absolute Gasteiger partial charge is 0.312 e. The highest BCUT2D eigenvalue weighted by Gasteiger charge is 2.36. The number of fused-ring (bicyclic) bond motifs is 3. The number of anilines is 1. The van der Waals surface area contributed by atoms with Crippen molar-refractivity contribution in [2.24, 2.45) is 0 Å². The molecule has 1 atom stereocenters. The molecule has 0 fully saturated rings.